The van der Waals surface area contributed by atoms with Crippen LogP contribution in [-0.4, -0.2) is 10.9 Å². The van der Waals surface area contributed by atoms with Gasteiger partial charge in [-0.05, 0) is 48.4 Å². The van der Waals surface area contributed by atoms with E-state index in [-0.39, 0.29) is 5.91 Å². The first-order valence-corrected chi connectivity index (χ1v) is 9.90. The normalized spacial score (nSPS) is 10.8. The van der Waals surface area contributed by atoms with Gasteiger partial charge in [0, 0.05) is 12.1 Å². The Morgan fingerprint density at radius 2 is 1.79 bits per heavy atom. The van der Waals surface area contributed by atoms with Gasteiger partial charge >= 0.3 is 0 Å². The van der Waals surface area contributed by atoms with Crippen LogP contribution >= 0.6 is 11.3 Å². The number of nitrogens with zero attached hydrogens (tertiary/aromatic N) is 1. The number of ether oxygens (including phenoxy) is 1. The molecule has 0 atom stereocenters. The third kappa shape index (κ3) is 4.38. The van der Waals surface area contributed by atoms with E-state index in [1.807, 2.05) is 79.7 Å². The Morgan fingerprint density at radius 3 is 2.57 bits per heavy atom. The Labute approximate surface area is 167 Å². The van der Waals surface area contributed by atoms with Crippen molar-refractivity contribution in [1.29, 1.82) is 0 Å². The number of hydrogen-bond acceptors (Lipinski definition) is 4. The molecule has 4 aromatic rings. The van der Waals surface area contributed by atoms with Crippen LogP contribution in [0, 0.1) is 6.92 Å². The van der Waals surface area contributed by atoms with E-state index in [1.165, 1.54) is 0 Å². The van der Waals surface area contributed by atoms with Crippen molar-refractivity contribution in [3.8, 4) is 5.75 Å². The van der Waals surface area contributed by atoms with Crippen LogP contribution in [0.4, 0.5) is 0 Å². The summed E-state index contributed by atoms with van der Waals surface area (Å²) in [4.78, 5) is 16.9. The molecule has 1 amide bonds. The van der Waals surface area contributed by atoms with E-state index in [0.717, 1.165) is 32.1 Å². The highest BCUT2D eigenvalue weighted by atomic mass is 32.1. The van der Waals surface area contributed by atoms with Crippen LogP contribution < -0.4 is 10.1 Å². The first-order valence-electron chi connectivity index (χ1n) is 9.08. The molecule has 1 heterocycles. The monoisotopic (exact) mass is 388 g/mol. The molecular weight excluding hydrogens is 368 g/mol. The first-order chi connectivity index (χ1) is 13.7. The number of aryl methyl sites for hydroxylation is 1. The number of carbonyl (C=O) groups excluding carboxylic acids is 1. The summed E-state index contributed by atoms with van der Waals surface area (Å²) in [6.07, 6.45) is 0. The topological polar surface area (TPSA) is 51.2 Å². The number of hydrogen-bond donors (Lipinski definition) is 1. The SMILES string of the molecule is Cc1nc2ccc(C(=O)NCc3ccc(OCc4ccccc4)cc3)cc2s1. The van der Waals surface area contributed by atoms with Crippen molar-refractivity contribution in [2.75, 3.05) is 0 Å². The van der Waals surface area contributed by atoms with Gasteiger partial charge in [-0.3, -0.25) is 4.79 Å². The predicted octanol–water partition coefficient (Wildman–Crippen LogP) is 5.11. The second kappa shape index (κ2) is 8.23. The highest BCUT2D eigenvalue weighted by Crippen LogP contribution is 2.22. The minimum atomic E-state index is -0.0858. The smallest absolute Gasteiger partial charge is 0.251 e. The van der Waals surface area contributed by atoms with Gasteiger partial charge < -0.3 is 10.1 Å². The summed E-state index contributed by atoms with van der Waals surface area (Å²) in [7, 11) is 0. The molecule has 0 spiro atoms. The maximum atomic E-state index is 12.4. The Bertz CT molecular complexity index is 1090. The molecule has 28 heavy (non-hydrogen) atoms. The number of rotatable bonds is 6. The van der Waals surface area contributed by atoms with Gasteiger partial charge in [-0.2, -0.15) is 0 Å². The minimum absolute atomic E-state index is 0.0858. The second-order valence-electron chi connectivity index (χ2n) is 6.52. The van der Waals surface area contributed by atoms with Crippen molar-refractivity contribution >= 4 is 27.5 Å². The number of amides is 1. The van der Waals surface area contributed by atoms with Crippen LogP contribution in [0.2, 0.25) is 0 Å². The molecule has 3 aromatic carbocycles. The van der Waals surface area contributed by atoms with Gasteiger partial charge in [0.05, 0.1) is 15.2 Å². The van der Waals surface area contributed by atoms with E-state index in [0.29, 0.717) is 18.7 Å². The maximum absolute atomic E-state index is 12.4. The zero-order valence-corrected chi connectivity index (χ0v) is 16.3. The van der Waals surface area contributed by atoms with Gasteiger partial charge in [-0.15, -0.1) is 11.3 Å². The molecule has 4 rings (SSSR count). The van der Waals surface area contributed by atoms with E-state index >= 15 is 0 Å². The highest BCUT2D eigenvalue weighted by molar-refractivity contribution is 7.18. The Kier molecular flexibility index (Phi) is 5.35. The van der Waals surface area contributed by atoms with E-state index in [9.17, 15) is 4.79 Å². The van der Waals surface area contributed by atoms with Crippen molar-refractivity contribution in [3.05, 3.63) is 94.5 Å². The molecule has 0 radical (unpaired) electrons. The molecule has 4 nitrogen and oxygen atoms in total. The average Bonchev–Trinajstić information content (AvgIpc) is 3.11. The van der Waals surface area contributed by atoms with Crippen molar-refractivity contribution in [2.24, 2.45) is 0 Å². The summed E-state index contributed by atoms with van der Waals surface area (Å²) in [5, 5.41) is 3.97. The molecule has 1 aromatic heterocycles. The van der Waals surface area contributed by atoms with Gasteiger partial charge in [0.25, 0.3) is 5.91 Å². The quantitative estimate of drug-likeness (QED) is 0.499. The lowest BCUT2D eigenvalue weighted by atomic mass is 10.2. The second-order valence-corrected chi connectivity index (χ2v) is 7.75. The first kappa shape index (κ1) is 18.2. The lowest BCUT2D eigenvalue weighted by Gasteiger charge is -2.08. The molecule has 0 unspecified atom stereocenters. The summed E-state index contributed by atoms with van der Waals surface area (Å²) in [5.74, 6) is 0.724. The third-order valence-corrected chi connectivity index (χ3v) is 5.32. The molecule has 5 heteroatoms. The molecule has 0 saturated heterocycles. The van der Waals surface area contributed by atoms with Gasteiger partial charge in [0.1, 0.15) is 12.4 Å². The van der Waals surface area contributed by atoms with Crippen LogP contribution in [0.5, 0.6) is 5.75 Å². The van der Waals surface area contributed by atoms with Crippen molar-refractivity contribution in [2.45, 2.75) is 20.1 Å². The fraction of sp³-hybridized carbons (Fsp3) is 0.130. The summed E-state index contributed by atoms with van der Waals surface area (Å²) in [6, 6.07) is 23.5. The molecule has 0 saturated carbocycles. The van der Waals surface area contributed by atoms with Crippen LogP contribution in [0.3, 0.4) is 0 Å². The molecule has 0 aliphatic rings. The molecule has 1 N–H and O–H groups in total. The highest BCUT2D eigenvalue weighted by Gasteiger charge is 2.08. The number of benzene rings is 3. The molecule has 0 aliphatic carbocycles. The predicted molar refractivity (Wildman–Crippen MR) is 113 cm³/mol. The van der Waals surface area contributed by atoms with Crippen LogP contribution in [0.1, 0.15) is 26.5 Å². The number of nitrogens with one attached hydrogen (secondary N) is 1. The Morgan fingerprint density at radius 1 is 1.00 bits per heavy atom. The molecular formula is C23H20N2O2S. The van der Waals surface area contributed by atoms with E-state index in [4.69, 9.17) is 4.74 Å². The van der Waals surface area contributed by atoms with Crippen LogP contribution in [0.25, 0.3) is 10.2 Å². The fourth-order valence-electron chi connectivity index (χ4n) is 2.91. The fourth-order valence-corrected chi connectivity index (χ4v) is 3.78. The summed E-state index contributed by atoms with van der Waals surface area (Å²) in [6.45, 7) is 2.98. The third-order valence-electron chi connectivity index (χ3n) is 4.38. The number of carbonyl (C=O) groups is 1. The van der Waals surface area contributed by atoms with Crippen LogP contribution in [0.15, 0.2) is 72.8 Å². The van der Waals surface area contributed by atoms with Gasteiger partial charge in [0.2, 0.25) is 0 Å². The van der Waals surface area contributed by atoms with E-state index < -0.39 is 0 Å². The van der Waals surface area contributed by atoms with Crippen molar-refractivity contribution < 1.29 is 9.53 Å². The lowest BCUT2D eigenvalue weighted by molar-refractivity contribution is 0.0951. The number of fused-ring (bicyclic) bond motifs is 1. The van der Waals surface area contributed by atoms with E-state index in [1.54, 1.807) is 11.3 Å². The van der Waals surface area contributed by atoms with Gasteiger partial charge in [0.15, 0.2) is 0 Å². The maximum Gasteiger partial charge on any atom is 0.251 e. The summed E-state index contributed by atoms with van der Waals surface area (Å²) < 4.78 is 6.83. The standard InChI is InChI=1S/C23H20N2O2S/c1-16-25-21-12-9-19(13-22(21)28-16)23(26)24-14-17-7-10-20(11-8-17)27-15-18-5-3-2-4-6-18/h2-13H,14-15H2,1H3,(H,24,26). The van der Waals surface area contributed by atoms with Crippen molar-refractivity contribution in [3.63, 3.8) is 0 Å². The summed E-state index contributed by atoms with van der Waals surface area (Å²) in [5.41, 5.74) is 3.74. The van der Waals surface area contributed by atoms with Gasteiger partial charge in [-0.1, -0.05) is 42.5 Å². The molecule has 0 bridgehead atoms. The Balaban J connectivity index is 1.33. The largest absolute Gasteiger partial charge is 0.489 e. The minimum Gasteiger partial charge on any atom is -0.489 e. The van der Waals surface area contributed by atoms with E-state index in [2.05, 4.69) is 10.3 Å². The lowest BCUT2D eigenvalue weighted by Crippen LogP contribution is -2.22. The number of aromatic nitrogens is 1. The van der Waals surface area contributed by atoms with Crippen LogP contribution in [-0.2, 0) is 13.2 Å². The zero-order chi connectivity index (χ0) is 19.3. The van der Waals surface area contributed by atoms with Crippen molar-refractivity contribution in [1.82, 2.24) is 10.3 Å². The number of thiazole rings is 1. The Hall–Kier alpha value is -3.18. The zero-order valence-electron chi connectivity index (χ0n) is 15.5. The average molecular weight is 388 g/mol. The molecule has 140 valence electrons. The summed E-state index contributed by atoms with van der Waals surface area (Å²) >= 11 is 1.60. The molecule has 0 aliphatic heterocycles. The van der Waals surface area contributed by atoms with Gasteiger partial charge in [-0.25, -0.2) is 4.98 Å². The molecule has 0 fully saturated rings.